The molecular weight excluding hydrogens is 212 g/mol. The third kappa shape index (κ3) is 2.61. The highest BCUT2D eigenvalue weighted by Gasteiger charge is 2.06. The lowest BCUT2D eigenvalue weighted by Gasteiger charge is -2.07. The van der Waals surface area contributed by atoms with Crippen molar-refractivity contribution in [2.24, 2.45) is 0 Å². The predicted molar refractivity (Wildman–Crippen MR) is 64.9 cm³/mol. The number of nitrogens with zero attached hydrogens (tertiary/aromatic N) is 2. The van der Waals surface area contributed by atoms with E-state index in [1.807, 2.05) is 38.1 Å². The summed E-state index contributed by atoms with van der Waals surface area (Å²) < 4.78 is 5.60. The van der Waals surface area contributed by atoms with E-state index in [0.29, 0.717) is 17.2 Å². The van der Waals surface area contributed by atoms with E-state index in [9.17, 15) is 0 Å². The van der Waals surface area contributed by atoms with E-state index in [1.165, 1.54) is 0 Å². The third-order valence-electron chi connectivity index (χ3n) is 2.36. The smallest absolute Gasteiger partial charge is 0.237 e. The molecule has 17 heavy (non-hydrogen) atoms. The van der Waals surface area contributed by atoms with Crippen LogP contribution in [0.25, 0.3) is 0 Å². The van der Waals surface area contributed by atoms with Crippen LogP contribution in [-0.2, 0) is 0 Å². The van der Waals surface area contributed by atoms with Crippen LogP contribution in [0.2, 0.25) is 0 Å². The summed E-state index contributed by atoms with van der Waals surface area (Å²) in [7, 11) is 0. The maximum atomic E-state index is 8.96. The number of benzene rings is 1. The zero-order chi connectivity index (χ0) is 12.3. The van der Waals surface area contributed by atoms with Gasteiger partial charge in [0.05, 0.1) is 0 Å². The van der Waals surface area contributed by atoms with Crippen molar-refractivity contribution in [1.29, 1.82) is 5.26 Å². The molecule has 0 radical (unpaired) electrons. The van der Waals surface area contributed by atoms with Gasteiger partial charge in [0.1, 0.15) is 17.4 Å². The number of rotatable bonds is 2. The molecule has 0 fully saturated rings. The molecule has 2 aromatic rings. The Labute approximate surface area is 100 Å². The summed E-state index contributed by atoms with van der Waals surface area (Å²) in [5, 5.41) is 8.96. The van der Waals surface area contributed by atoms with E-state index in [0.717, 1.165) is 11.3 Å². The first-order chi connectivity index (χ1) is 8.19. The van der Waals surface area contributed by atoms with Gasteiger partial charge < -0.3 is 4.74 Å². The summed E-state index contributed by atoms with van der Waals surface area (Å²) >= 11 is 0. The van der Waals surface area contributed by atoms with Gasteiger partial charge in [-0.15, -0.1) is 0 Å². The van der Waals surface area contributed by atoms with Gasteiger partial charge in [-0.2, -0.15) is 5.26 Å². The summed E-state index contributed by atoms with van der Waals surface area (Å²) in [6.45, 7) is 3.87. The average Bonchev–Trinajstić information content (AvgIpc) is 2.32. The van der Waals surface area contributed by atoms with Gasteiger partial charge in [-0.1, -0.05) is 17.7 Å². The summed E-state index contributed by atoms with van der Waals surface area (Å²) in [5.41, 5.74) is 2.43. The van der Waals surface area contributed by atoms with Crippen molar-refractivity contribution in [2.75, 3.05) is 0 Å². The minimum absolute atomic E-state index is 0.358. The Morgan fingerprint density at radius 2 is 1.76 bits per heavy atom. The Morgan fingerprint density at radius 3 is 2.41 bits per heavy atom. The second-order valence-corrected chi connectivity index (χ2v) is 3.83. The standard InChI is InChI=1S/C14H12N2O/c1-10-3-7-13(8-4-10)17-14-12(9-15)6-5-11(2)16-14/h3-8H,1-2H3. The molecule has 0 bridgehead atoms. The molecule has 0 saturated heterocycles. The fourth-order valence-electron chi connectivity index (χ4n) is 1.41. The number of hydrogen-bond donors (Lipinski definition) is 0. The molecule has 1 aromatic carbocycles. The molecule has 0 aliphatic heterocycles. The van der Waals surface area contributed by atoms with Crippen LogP contribution in [0.1, 0.15) is 16.8 Å². The third-order valence-corrected chi connectivity index (χ3v) is 2.36. The Kier molecular flexibility index (Phi) is 3.06. The molecule has 84 valence electrons. The van der Waals surface area contributed by atoms with Crippen LogP contribution in [0, 0.1) is 25.2 Å². The van der Waals surface area contributed by atoms with Crippen LogP contribution in [0.3, 0.4) is 0 Å². The van der Waals surface area contributed by atoms with Crippen molar-refractivity contribution in [3.63, 3.8) is 0 Å². The highest BCUT2D eigenvalue weighted by Crippen LogP contribution is 2.23. The molecule has 2 rings (SSSR count). The fourth-order valence-corrected chi connectivity index (χ4v) is 1.41. The van der Waals surface area contributed by atoms with Gasteiger partial charge in [-0.25, -0.2) is 4.98 Å². The van der Waals surface area contributed by atoms with Crippen LogP contribution >= 0.6 is 0 Å². The molecule has 0 N–H and O–H groups in total. The van der Waals surface area contributed by atoms with Crippen molar-refractivity contribution in [3.05, 3.63) is 53.2 Å². The predicted octanol–water partition coefficient (Wildman–Crippen LogP) is 3.36. The van der Waals surface area contributed by atoms with Crippen molar-refractivity contribution < 1.29 is 4.74 Å². The normalized spacial score (nSPS) is 9.71. The second kappa shape index (κ2) is 4.67. The van der Waals surface area contributed by atoms with E-state index in [1.54, 1.807) is 12.1 Å². The number of aromatic nitrogens is 1. The van der Waals surface area contributed by atoms with Crippen LogP contribution in [0.4, 0.5) is 0 Å². The van der Waals surface area contributed by atoms with Gasteiger partial charge in [0, 0.05) is 5.69 Å². The van der Waals surface area contributed by atoms with Crippen molar-refractivity contribution in [2.45, 2.75) is 13.8 Å². The molecule has 0 saturated carbocycles. The van der Waals surface area contributed by atoms with E-state index < -0.39 is 0 Å². The Hall–Kier alpha value is -2.34. The molecule has 3 heteroatoms. The molecule has 3 nitrogen and oxygen atoms in total. The monoisotopic (exact) mass is 224 g/mol. The summed E-state index contributed by atoms with van der Waals surface area (Å²) in [5.74, 6) is 1.04. The van der Waals surface area contributed by atoms with E-state index in [2.05, 4.69) is 11.1 Å². The zero-order valence-electron chi connectivity index (χ0n) is 9.77. The highest BCUT2D eigenvalue weighted by atomic mass is 16.5. The van der Waals surface area contributed by atoms with Gasteiger partial charge in [0.2, 0.25) is 5.88 Å². The molecule has 1 aromatic heterocycles. The van der Waals surface area contributed by atoms with Crippen molar-refractivity contribution >= 4 is 0 Å². The van der Waals surface area contributed by atoms with Gasteiger partial charge >= 0.3 is 0 Å². The average molecular weight is 224 g/mol. The van der Waals surface area contributed by atoms with E-state index in [-0.39, 0.29) is 0 Å². The lowest BCUT2D eigenvalue weighted by atomic mass is 10.2. The maximum absolute atomic E-state index is 8.96. The summed E-state index contributed by atoms with van der Waals surface area (Å²) in [6, 6.07) is 13.2. The van der Waals surface area contributed by atoms with Crippen molar-refractivity contribution in [3.8, 4) is 17.7 Å². The number of ether oxygens (including phenoxy) is 1. The maximum Gasteiger partial charge on any atom is 0.237 e. The molecule has 0 unspecified atom stereocenters. The van der Waals surface area contributed by atoms with Gasteiger partial charge in [0.25, 0.3) is 0 Å². The quantitative estimate of drug-likeness (QED) is 0.785. The Morgan fingerprint density at radius 1 is 1.06 bits per heavy atom. The van der Waals surface area contributed by atoms with Crippen LogP contribution < -0.4 is 4.74 Å². The van der Waals surface area contributed by atoms with E-state index in [4.69, 9.17) is 10.00 Å². The number of nitriles is 1. The Bertz CT molecular complexity index is 568. The van der Waals surface area contributed by atoms with Crippen LogP contribution in [-0.4, -0.2) is 4.98 Å². The molecule has 0 aliphatic carbocycles. The Balaban J connectivity index is 2.32. The molecule has 0 aliphatic rings. The topological polar surface area (TPSA) is 45.9 Å². The lowest BCUT2D eigenvalue weighted by Crippen LogP contribution is -1.93. The minimum Gasteiger partial charge on any atom is -0.438 e. The van der Waals surface area contributed by atoms with Gasteiger partial charge in [-0.05, 0) is 38.1 Å². The van der Waals surface area contributed by atoms with Crippen LogP contribution in [0.15, 0.2) is 36.4 Å². The first kappa shape index (κ1) is 11.2. The number of hydrogen-bond acceptors (Lipinski definition) is 3. The zero-order valence-corrected chi connectivity index (χ0v) is 9.77. The molecular formula is C14H12N2O. The highest BCUT2D eigenvalue weighted by molar-refractivity contribution is 5.41. The summed E-state index contributed by atoms with van der Waals surface area (Å²) in [6.07, 6.45) is 0. The number of aryl methyl sites for hydroxylation is 2. The molecule has 1 heterocycles. The molecule has 0 spiro atoms. The molecule has 0 amide bonds. The first-order valence-corrected chi connectivity index (χ1v) is 5.31. The van der Waals surface area contributed by atoms with Crippen molar-refractivity contribution in [1.82, 2.24) is 4.98 Å². The SMILES string of the molecule is Cc1ccc(Oc2nc(C)ccc2C#N)cc1. The van der Waals surface area contributed by atoms with E-state index >= 15 is 0 Å². The molecule has 0 atom stereocenters. The summed E-state index contributed by atoms with van der Waals surface area (Å²) in [4.78, 5) is 4.22. The number of pyridine rings is 1. The fraction of sp³-hybridized carbons (Fsp3) is 0.143. The van der Waals surface area contributed by atoms with Crippen LogP contribution in [0.5, 0.6) is 11.6 Å². The lowest BCUT2D eigenvalue weighted by molar-refractivity contribution is 0.460. The first-order valence-electron chi connectivity index (χ1n) is 5.31. The second-order valence-electron chi connectivity index (χ2n) is 3.83. The minimum atomic E-state index is 0.358. The van der Waals surface area contributed by atoms with Gasteiger partial charge in [0.15, 0.2) is 0 Å². The largest absolute Gasteiger partial charge is 0.438 e. The van der Waals surface area contributed by atoms with Gasteiger partial charge in [-0.3, -0.25) is 0 Å².